The van der Waals surface area contributed by atoms with Crippen molar-refractivity contribution in [3.05, 3.63) is 12.5 Å². The van der Waals surface area contributed by atoms with Gasteiger partial charge >= 0.3 is 0 Å². The fourth-order valence-corrected chi connectivity index (χ4v) is 0.0745. The molecule has 3 heteroatoms. The van der Waals surface area contributed by atoms with Crippen molar-refractivity contribution >= 4 is 0 Å². The standard InChI is InChI=1S/C3H4N2O/c4-3-5-1-2-6/h1-2,5-6H/b2-1+. The van der Waals surface area contributed by atoms with E-state index in [0.29, 0.717) is 0 Å². The molecule has 0 heterocycles. The molecule has 2 N–H and O–H groups in total. The molecule has 0 aromatic rings. The van der Waals surface area contributed by atoms with E-state index in [-0.39, 0.29) is 0 Å². The fraction of sp³-hybridized carbons (Fsp3) is 0. The predicted molar refractivity (Wildman–Crippen MR) is 20.5 cm³/mol. The Balaban J connectivity index is 2.92. The highest BCUT2D eigenvalue weighted by Crippen LogP contribution is 1.50. The average Bonchev–Trinajstić information content (AvgIpc) is 1.61. The molecular weight excluding hydrogens is 80.0 g/mol. The first kappa shape index (κ1) is 4.83. The highest BCUT2D eigenvalue weighted by molar-refractivity contribution is 4.77. The largest absolute Gasteiger partial charge is 0.514 e. The molecule has 0 aliphatic carbocycles. The summed E-state index contributed by atoms with van der Waals surface area (Å²) in [4.78, 5) is 0. The van der Waals surface area contributed by atoms with E-state index in [1.165, 1.54) is 0 Å². The molecule has 0 saturated carbocycles. The van der Waals surface area contributed by atoms with Gasteiger partial charge in [-0.05, 0) is 0 Å². The maximum atomic E-state index is 7.80. The summed E-state index contributed by atoms with van der Waals surface area (Å²) in [5.41, 5.74) is 0. The molecular formula is C3H4N2O. The second-order valence-electron chi connectivity index (χ2n) is 0.572. The SMILES string of the molecule is N#CN/C=C/O. The highest BCUT2D eigenvalue weighted by atomic mass is 16.2. The van der Waals surface area contributed by atoms with Crippen molar-refractivity contribution < 1.29 is 5.11 Å². The summed E-state index contributed by atoms with van der Waals surface area (Å²) in [5, 5.41) is 17.6. The van der Waals surface area contributed by atoms with Crippen molar-refractivity contribution in [1.82, 2.24) is 5.32 Å². The predicted octanol–water partition coefficient (Wildman–Crippen LogP) is 0.0863. The Morgan fingerprint density at radius 1 is 1.83 bits per heavy atom. The van der Waals surface area contributed by atoms with Crippen LogP contribution in [0.1, 0.15) is 0 Å². The lowest BCUT2D eigenvalue weighted by atomic mass is 10.9. The Bertz CT molecular complexity index is 81.3. The highest BCUT2D eigenvalue weighted by Gasteiger charge is 1.56. The lowest BCUT2D eigenvalue weighted by Gasteiger charge is -1.71. The molecule has 0 rings (SSSR count). The van der Waals surface area contributed by atoms with E-state index in [1.807, 2.05) is 0 Å². The average molecular weight is 84.1 g/mol. The molecule has 0 atom stereocenters. The Morgan fingerprint density at radius 3 is 2.67 bits per heavy atom. The van der Waals surface area contributed by atoms with E-state index < -0.39 is 0 Å². The molecule has 0 aliphatic rings. The van der Waals surface area contributed by atoms with Crippen LogP contribution in [0.15, 0.2) is 12.5 Å². The minimum absolute atomic E-state index is 0.753. The van der Waals surface area contributed by atoms with Crippen LogP contribution in [-0.2, 0) is 0 Å². The maximum Gasteiger partial charge on any atom is 0.181 e. The summed E-state index contributed by atoms with van der Waals surface area (Å²) in [6, 6.07) is 0. The van der Waals surface area contributed by atoms with Crippen LogP contribution in [0.3, 0.4) is 0 Å². The molecule has 0 aromatic carbocycles. The van der Waals surface area contributed by atoms with Gasteiger partial charge in [0.25, 0.3) is 0 Å². The molecule has 0 aromatic heterocycles. The van der Waals surface area contributed by atoms with Crippen LogP contribution in [-0.4, -0.2) is 5.11 Å². The zero-order chi connectivity index (χ0) is 4.83. The zero-order valence-electron chi connectivity index (χ0n) is 3.05. The molecule has 0 amide bonds. The molecule has 0 radical (unpaired) electrons. The zero-order valence-corrected chi connectivity index (χ0v) is 3.05. The number of hydrogen-bond acceptors (Lipinski definition) is 3. The van der Waals surface area contributed by atoms with Crippen LogP contribution in [0, 0.1) is 11.5 Å². The molecule has 0 spiro atoms. The fourth-order valence-electron chi connectivity index (χ4n) is 0.0745. The van der Waals surface area contributed by atoms with Gasteiger partial charge in [0.2, 0.25) is 0 Å². The second-order valence-corrected chi connectivity index (χ2v) is 0.572. The molecule has 0 unspecified atom stereocenters. The Morgan fingerprint density at radius 2 is 2.50 bits per heavy atom. The summed E-state index contributed by atoms with van der Waals surface area (Å²) in [6.07, 6.45) is 3.45. The number of aliphatic hydroxyl groups excluding tert-OH is 1. The van der Waals surface area contributed by atoms with Gasteiger partial charge in [-0.2, -0.15) is 5.26 Å². The van der Waals surface area contributed by atoms with Crippen LogP contribution in [0.5, 0.6) is 0 Å². The number of hydrogen-bond donors (Lipinski definition) is 2. The van der Waals surface area contributed by atoms with Crippen molar-refractivity contribution in [1.29, 1.82) is 5.26 Å². The van der Waals surface area contributed by atoms with Gasteiger partial charge in [0, 0.05) is 6.20 Å². The van der Waals surface area contributed by atoms with Gasteiger partial charge in [-0.25, -0.2) is 0 Å². The number of nitrogens with one attached hydrogen (secondary N) is 1. The molecule has 0 fully saturated rings. The lowest BCUT2D eigenvalue weighted by Crippen LogP contribution is -1.89. The van der Waals surface area contributed by atoms with E-state index in [2.05, 4.69) is 5.32 Å². The van der Waals surface area contributed by atoms with E-state index >= 15 is 0 Å². The molecule has 0 bridgehead atoms. The molecule has 0 saturated heterocycles. The molecule has 6 heavy (non-hydrogen) atoms. The third kappa shape index (κ3) is 2.83. The first-order chi connectivity index (χ1) is 2.91. The summed E-state index contributed by atoms with van der Waals surface area (Å²) in [6.45, 7) is 0. The Kier molecular flexibility index (Phi) is 3.08. The van der Waals surface area contributed by atoms with Crippen molar-refractivity contribution in [2.75, 3.05) is 0 Å². The van der Waals surface area contributed by atoms with Gasteiger partial charge in [0.15, 0.2) is 6.19 Å². The van der Waals surface area contributed by atoms with Crippen LogP contribution in [0.4, 0.5) is 0 Å². The third-order valence-electron chi connectivity index (χ3n) is 0.222. The van der Waals surface area contributed by atoms with Crippen LogP contribution >= 0.6 is 0 Å². The first-order valence-electron chi connectivity index (χ1n) is 1.35. The second kappa shape index (κ2) is 3.83. The Hall–Kier alpha value is -1.17. The van der Waals surface area contributed by atoms with Crippen LogP contribution in [0.25, 0.3) is 0 Å². The summed E-state index contributed by atoms with van der Waals surface area (Å²) < 4.78 is 0. The van der Waals surface area contributed by atoms with Gasteiger partial charge in [0.1, 0.15) is 0 Å². The number of rotatable bonds is 1. The van der Waals surface area contributed by atoms with E-state index in [4.69, 9.17) is 10.4 Å². The maximum absolute atomic E-state index is 7.80. The number of nitriles is 1. The van der Waals surface area contributed by atoms with E-state index in [9.17, 15) is 0 Å². The van der Waals surface area contributed by atoms with Gasteiger partial charge < -0.3 is 5.11 Å². The summed E-state index contributed by atoms with van der Waals surface area (Å²) in [7, 11) is 0. The normalized spacial score (nSPS) is 7.83. The molecule has 0 aliphatic heterocycles. The quantitative estimate of drug-likeness (QED) is 0.269. The monoisotopic (exact) mass is 84.0 g/mol. The van der Waals surface area contributed by atoms with Crippen molar-refractivity contribution in [3.63, 3.8) is 0 Å². The minimum Gasteiger partial charge on any atom is -0.514 e. The summed E-state index contributed by atoms with van der Waals surface area (Å²) in [5.74, 6) is 0. The first-order valence-corrected chi connectivity index (χ1v) is 1.35. The van der Waals surface area contributed by atoms with Crippen LogP contribution in [0.2, 0.25) is 0 Å². The minimum atomic E-state index is 0.753. The van der Waals surface area contributed by atoms with Crippen molar-refractivity contribution in [2.24, 2.45) is 0 Å². The van der Waals surface area contributed by atoms with Crippen molar-refractivity contribution in [3.8, 4) is 6.19 Å². The molecule has 3 nitrogen and oxygen atoms in total. The van der Waals surface area contributed by atoms with Crippen molar-refractivity contribution in [2.45, 2.75) is 0 Å². The van der Waals surface area contributed by atoms with Crippen LogP contribution < -0.4 is 5.32 Å². The third-order valence-corrected chi connectivity index (χ3v) is 0.222. The lowest BCUT2D eigenvalue weighted by molar-refractivity contribution is 0.470. The Labute approximate surface area is 35.5 Å². The van der Waals surface area contributed by atoms with Gasteiger partial charge in [-0.15, -0.1) is 0 Å². The molecule has 32 valence electrons. The number of aliphatic hydroxyl groups is 1. The topological polar surface area (TPSA) is 56.0 Å². The van der Waals surface area contributed by atoms with E-state index in [1.54, 1.807) is 6.19 Å². The van der Waals surface area contributed by atoms with Gasteiger partial charge in [-0.3, -0.25) is 5.32 Å². The summed E-state index contributed by atoms with van der Waals surface area (Å²) >= 11 is 0. The van der Waals surface area contributed by atoms with E-state index in [0.717, 1.165) is 12.5 Å². The van der Waals surface area contributed by atoms with Gasteiger partial charge in [0.05, 0.1) is 6.26 Å². The number of nitrogens with zero attached hydrogens (tertiary/aromatic N) is 1. The smallest absolute Gasteiger partial charge is 0.181 e. The van der Waals surface area contributed by atoms with Gasteiger partial charge in [-0.1, -0.05) is 0 Å².